The van der Waals surface area contributed by atoms with E-state index in [4.69, 9.17) is 16.3 Å². The standard InChI is InChI=1S/C16H15ClO2S/c1-2-16(17)19-13-7-5-9-15-12(13)10-11-6-3-4-8-14(11)20(15)18/h3-9,16H,2,10H2,1H3. The van der Waals surface area contributed by atoms with E-state index in [-0.39, 0.29) is 5.56 Å². The van der Waals surface area contributed by atoms with Crippen LogP contribution in [0, 0.1) is 0 Å². The van der Waals surface area contributed by atoms with Crippen molar-refractivity contribution in [2.45, 2.75) is 35.1 Å². The molecule has 0 amide bonds. The van der Waals surface area contributed by atoms with Gasteiger partial charge >= 0.3 is 0 Å². The van der Waals surface area contributed by atoms with Crippen molar-refractivity contribution < 1.29 is 9.29 Å². The average molecular weight is 307 g/mol. The van der Waals surface area contributed by atoms with E-state index in [9.17, 15) is 4.55 Å². The highest BCUT2D eigenvalue weighted by molar-refractivity contribution is 7.91. The number of alkyl halides is 1. The van der Waals surface area contributed by atoms with Crippen molar-refractivity contribution >= 4 is 22.8 Å². The van der Waals surface area contributed by atoms with E-state index < -0.39 is 11.2 Å². The Kier molecular flexibility index (Phi) is 3.92. The van der Waals surface area contributed by atoms with Gasteiger partial charge in [-0.05, 0) is 24.6 Å². The number of ether oxygens (including phenoxy) is 1. The molecule has 2 aromatic carbocycles. The van der Waals surface area contributed by atoms with Crippen LogP contribution in [-0.4, -0.2) is 10.1 Å². The molecule has 0 saturated heterocycles. The fourth-order valence-electron chi connectivity index (χ4n) is 2.36. The first-order chi connectivity index (χ1) is 9.70. The second-order valence-electron chi connectivity index (χ2n) is 4.72. The molecule has 1 aliphatic rings. The van der Waals surface area contributed by atoms with Gasteiger partial charge in [0, 0.05) is 23.2 Å². The third-order valence-electron chi connectivity index (χ3n) is 3.41. The van der Waals surface area contributed by atoms with Crippen LogP contribution >= 0.6 is 11.6 Å². The van der Waals surface area contributed by atoms with Crippen LogP contribution in [0.3, 0.4) is 0 Å². The van der Waals surface area contributed by atoms with Gasteiger partial charge < -0.3 is 9.29 Å². The summed E-state index contributed by atoms with van der Waals surface area (Å²) in [4.78, 5) is 1.73. The zero-order chi connectivity index (χ0) is 14.1. The first-order valence-electron chi connectivity index (χ1n) is 6.63. The van der Waals surface area contributed by atoms with Gasteiger partial charge in [0.2, 0.25) is 0 Å². The number of hydrogen-bond acceptors (Lipinski definition) is 2. The maximum Gasteiger partial charge on any atom is 0.171 e. The van der Waals surface area contributed by atoms with Crippen molar-refractivity contribution in [3.63, 3.8) is 0 Å². The van der Waals surface area contributed by atoms with E-state index in [0.29, 0.717) is 0 Å². The summed E-state index contributed by atoms with van der Waals surface area (Å²) >= 11 is 4.94. The fraction of sp³-hybridized carbons (Fsp3) is 0.250. The highest BCUT2D eigenvalue weighted by atomic mass is 35.5. The van der Waals surface area contributed by atoms with Gasteiger partial charge in [-0.2, -0.15) is 0 Å². The molecule has 2 nitrogen and oxygen atoms in total. The van der Waals surface area contributed by atoms with Crippen LogP contribution in [0.4, 0.5) is 0 Å². The summed E-state index contributed by atoms with van der Waals surface area (Å²) in [5.74, 6) is 0.743. The van der Waals surface area contributed by atoms with Crippen LogP contribution in [0.25, 0.3) is 0 Å². The topological polar surface area (TPSA) is 32.3 Å². The van der Waals surface area contributed by atoms with Crippen LogP contribution in [0.1, 0.15) is 24.5 Å². The summed E-state index contributed by atoms with van der Waals surface area (Å²) in [5.41, 5.74) is 1.73. The molecule has 1 heterocycles. The van der Waals surface area contributed by atoms with Gasteiger partial charge in [0.15, 0.2) is 15.4 Å². The Labute approximate surface area is 126 Å². The predicted octanol–water partition coefficient (Wildman–Crippen LogP) is 4.11. The second kappa shape index (κ2) is 5.68. The minimum atomic E-state index is -1.14. The van der Waals surface area contributed by atoms with Gasteiger partial charge in [0.1, 0.15) is 5.75 Å². The summed E-state index contributed by atoms with van der Waals surface area (Å²) in [7, 11) is 0. The number of hydrogen-bond donors (Lipinski definition) is 0. The second-order valence-corrected chi connectivity index (χ2v) is 6.63. The average Bonchev–Trinajstić information content (AvgIpc) is 2.48. The van der Waals surface area contributed by atoms with Crippen LogP contribution in [0.2, 0.25) is 0 Å². The Hall–Kier alpha value is -1.16. The lowest BCUT2D eigenvalue weighted by Crippen LogP contribution is -2.17. The first-order valence-corrected chi connectivity index (χ1v) is 8.21. The molecular formula is C16H15ClO2S. The van der Waals surface area contributed by atoms with Crippen molar-refractivity contribution in [2.75, 3.05) is 0 Å². The van der Waals surface area contributed by atoms with Crippen molar-refractivity contribution in [2.24, 2.45) is 0 Å². The normalized spacial score (nSPS) is 18.1. The smallest absolute Gasteiger partial charge is 0.171 e. The molecule has 0 saturated carbocycles. The van der Waals surface area contributed by atoms with Crippen molar-refractivity contribution in [3.05, 3.63) is 53.6 Å². The van der Waals surface area contributed by atoms with Crippen molar-refractivity contribution in [3.8, 4) is 5.75 Å². The molecule has 1 aliphatic heterocycles. The molecule has 104 valence electrons. The molecule has 4 heteroatoms. The zero-order valence-electron chi connectivity index (χ0n) is 11.1. The molecule has 0 radical (unpaired) electrons. The Morgan fingerprint density at radius 2 is 1.95 bits per heavy atom. The largest absolute Gasteiger partial charge is 0.606 e. The van der Waals surface area contributed by atoms with Gasteiger partial charge in [0.05, 0.1) is 5.56 Å². The maximum atomic E-state index is 12.6. The number of benzene rings is 2. The quantitative estimate of drug-likeness (QED) is 0.631. The lowest BCUT2D eigenvalue weighted by atomic mass is 10.0. The minimum absolute atomic E-state index is 0.355. The van der Waals surface area contributed by atoms with E-state index in [1.165, 1.54) is 0 Å². The molecule has 2 aromatic rings. The zero-order valence-corrected chi connectivity index (χ0v) is 12.7. The first kappa shape index (κ1) is 13.8. The molecule has 2 unspecified atom stereocenters. The summed E-state index contributed by atoms with van der Waals surface area (Å²) in [6.45, 7) is 1.97. The van der Waals surface area contributed by atoms with Gasteiger partial charge in [-0.25, -0.2) is 0 Å². The minimum Gasteiger partial charge on any atom is -0.606 e. The van der Waals surface area contributed by atoms with Crippen LogP contribution in [0.15, 0.2) is 52.3 Å². The predicted molar refractivity (Wildman–Crippen MR) is 80.9 cm³/mol. The Morgan fingerprint density at radius 3 is 2.75 bits per heavy atom. The third-order valence-corrected chi connectivity index (χ3v) is 5.38. The summed E-state index contributed by atoms with van der Waals surface area (Å²) in [6, 6.07) is 13.5. The molecule has 0 fully saturated rings. The fourth-order valence-corrected chi connectivity index (χ4v) is 3.88. The van der Waals surface area contributed by atoms with E-state index in [1.54, 1.807) is 0 Å². The maximum absolute atomic E-state index is 12.6. The third kappa shape index (κ3) is 2.41. The highest BCUT2D eigenvalue weighted by Crippen LogP contribution is 2.39. The highest BCUT2D eigenvalue weighted by Gasteiger charge is 2.30. The molecule has 20 heavy (non-hydrogen) atoms. The summed E-state index contributed by atoms with van der Waals surface area (Å²) < 4.78 is 18.4. The SMILES string of the molecule is CCC(Cl)Oc1cccc2c1Cc1ccccc1[S+]2[O-]. The molecule has 0 spiro atoms. The van der Waals surface area contributed by atoms with Gasteiger partial charge in [0.25, 0.3) is 0 Å². The number of fused-ring (bicyclic) bond motifs is 2. The van der Waals surface area contributed by atoms with Crippen LogP contribution < -0.4 is 4.74 Å². The summed E-state index contributed by atoms with van der Waals surface area (Å²) in [6.07, 6.45) is 1.46. The molecular weight excluding hydrogens is 292 g/mol. The van der Waals surface area contributed by atoms with E-state index in [1.807, 2.05) is 49.4 Å². The molecule has 0 N–H and O–H groups in total. The number of rotatable bonds is 3. The Morgan fingerprint density at radius 1 is 1.20 bits per heavy atom. The van der Waals surface area contributed by atoms with Crippen LogP contribution in [-0.2, 0) is 17.6 Å². The molecule has 0 aromatic heterocycles. The summed E-state index contributed by atoms with van der Waals surface area (Å²) in [5, 5.41) is 0. The lowest BCUT2D eigenvalue weighted by molar-refractivity contribution is 0.273. The van der Waals surface area contributed by atoms with E-state index in [2.05, 4.69) is 0 Å². The molecule has 2 atom stereocenters. The van der Waals surface area contributed by atoms with E-state index >= 15 is 0 Å². The van der Waals surface area contributed by atoms with Crippen LogP contribution in [0.5, 0.6) is 5.75 Å². The van der Waals surface area contributed by atoms with Gasteiger partial charge in [-0.15, -0.1) is 0 Å². The Bertz CT molecular complexity index is 630. The van der Waals surface area contributed by atoms with E-state index in [0.717, 1.165) is 39.5 Å². The lowest BCUT2D eigenvalue weighted by Gasteiger charge is -2.24. The number of halogens is 1. The van der Waals surface area contributed by atoms with Gasteiger partial charge in [-0.3, -0.25) is 0 Å². The molecule has 0 bridgehead atoms. The molecule has 0 aliphatic carbocycles. The van der Waals surface area contributed by atoms with Crippen molar-refractivity contribution in [1.82, 2.24) is 0 Å². The monoisotopic (exact) mass is 306 g/mol. The van der Waals surface area contributed by atoms with Crippen molar-refractivity contribution in [1.29, 1.82) is 0 Å². The van der Waals surface area contributed by atoms with Gasteiger partial charge in [-0.1, -0.05) is 42.8 Å². The Balaban J connectivity index is 2.04. The molecule has 3 rings (SSSR count).